The van der Waals surface area contributed by atoms with Gasteiger partial charge < -0.3 is 5.32 Å². The Kier molecular flexibility index (Phi) is 5.10. The zero-order chi connectivity index (χ0) is 19.7. The third-order valence-electron chi connectivity index (χ3n) is 4.18. The maximum Gasteiger partial charge on any atom is 0.262 e. The van der Waals surface area contributed by atoms with Crippen molar-refractivity contribution in [1.29, 1.82) is 0 Å². The average Bonchev–Trinajstić information content (AvgIpc) is 3.16. The van der Waals surface area contributed by atoms with Gasteiger partial charge in [-0.1, -0.05) is 30.0 Å². The third-order valence-corrected chi connectivity index (χ3v) is 5.68. The standard InChI is InChI=1S/C19H17N5O2S2/c1-11(2)24-18(26)12-6-3-4-7-13(12)21-19(24)27-10-16(25)20-14-8-5-9-15-17(14)23-28-22-15/h3-9,11H,10H2,1-2H3,(H,20,25). The van der Waals surface area contributed by atoms with Crippen LogP contribution in [0.2, 0.25) is 0 Å². The van der Waals surface area contributed by atoms with Gasteiger partial charge in [0.15, 0.2) is 5.16 Å². The van der Waals surface area contributed by atoms with Gasteiger partial charge in [-0.3, -0.25) is 14.2 Å². The maximum atomic E-state index is 12.8. The molecule has 28 heavy (non-hydrogen) atoms. The van der Waals surface area contributed by atoms with Crippen molar-refractivity contribution in [3.63, 3.8) is 0 Å². The lowest BCUT2D eigenvalue weighted by atomic mass is 10.2. The van der Waals surface area contributed by atoms with Gasteiger partial charge in [0.1, 0.15) is 11.0 Å². The summed E-state index contributed by atoms with van der Waals surface area (Å²) in [7, 11) is 0. The van der Waals surface area contributed by atoms with Gasteiger partial charge in [0, 0.05) is 6.04 Å². The molecule has 2 aromatic heterocycles. The summed E-state index contributed by atoms with van der Waals surface area (Å²) in [6, 6.07) is 12.7. The van der Waals surface area contributed by atoms with Crippen LogP contribution in [-0.2, 0) is 4.79 Å². The van der Waals surface area contributed by atoms with Gasteiger partial charge in [0.2, 0.25) is 5.91 Å². The summed E-state index contributed by atoms with van der Waals surface area (Å²) in [5.41, 5.74) is 2.59. The van der Waals surface area contributed by atoms with Crippen molar-refractivity contribution >= 4 is 57.0 Å². The van der Waals surface area contributed by atoms with E-state index in [0.29, 0.717) is 27.3 Å². The molecule has 0 saturated carbocycles. The number of thioether (sulfide) groups is 1. The molecular formula is C19H17N5O2S2. The molecule has 0 spiro atoms. The molecule has 1 amide bonds. The smallest absolute Gasteiger partial charge is 0.262 e. The fraction of sp³-hybridized carbons (Fsp3) is 0.211. The van der Waals surface area contributed by atoms with Crippen molar-refractivity contribution in [3.8, 4) is 0 Å². The number of hydrogen-bond donors (Lipinski definition) is 1. The average molecular weight is 412 g/mol. The molecule has 7 nitrogen and oxygen atoms in total. The first-order valence-electron chi connectivity index (χ1n) is 8.70. The summed E-state index contributed by atoms with van der Waals surface area (Å²) in [6.45, 7) is 3.86. The van der Waals surface area contributed by atoms with E-state index >= 15 is 0 Å². The van der Waals surface area contributed by atoms with E-state index in [0.717, 1.165) is 17.2 Å². The number of carbonyl (C=O) groups is 1. The summed E-state index contributed by atoms with van der Waals surface area (Å²) in [4.78, 5) is 29.9. The highest BCUT2D eigenvalue weighted by molar-refractivity contribution is 7.99. The monoisotopic (exact) mass is 411 g/mol. The van der Waals surface area contributed by atoms with Crippen LogP contribution < -0.4 is 10.9 Å². The quantitative estimate of drug-likeness (QED) is 0.398. The second kappa shape index (κ2) is 7.69. The Morgan fingerprint density at radius 2 is 1.93 bits per heavy atom. The second-order valence-corrected chi connectivity index (χ2v) is 7.93. The SMILES string of the molecule is CC(C)n1c(SCC(=O)Nc2cccc3nsnc23)nc2ccccc2c1=O. The predicted octanol–water partition coefficient (Wildman–Crippen LogP) is 3.71. The van der Waals surface area contributed by atoms with E-state index in [2.05, 4.69) is 19.0 Å². The predicted molar refractivity (Wildman–Crippen MR) is 113 cm³/mol. The second-order valence-electron chi connectivity index (χ2n) is 6.45. The molecule has 0 fully saturated rings. The molecule has 0 unspecified atom stereocenters. The molecule has 1 N–H and O–H groups in total. The first kappa shape index (κ1) is 18.6. The number of rotatable bonds is 5. The minimum absolute atomic E-state index is 0.0648. The first-order valence-corrected chi connectivity index (χ1v) is 10.4. The van der Waals surface area contributed by atoms with E-state index < -0.39 is 0 Å². The Bertz CT molecular complexity index is 1230. The lowest BCUT2D eigenvalue weighted by molar-refractivity contribution is -0.113. The first-order chi connectivity index (χ1) is 13.5. The van der Waals surface area contributed by atoms with Gasteiger partial charge in [0.05, 0.1) is 34.1 Å². The number of nitrogens with zero attached hydrogens (tertiary/aromatic N) is 4. The third kappa shape index (κ3) is 3.50. The number of aromatic nitrogens is 4. The minimum atomic E-state index is -0.191. The topological polar surface area (TPSA) is 89.8 Å². The molecule has 2 aromatic carbocycles. The lowest BCUT2D eigenvalue weighted by Gasteiger charge is -2.16. The highest BCUT2D eigenvalue weighted by Crippen LogP contribution is 2.23. The van der Waals surface area contributed by atoms with Crippen molar-refractivity contribution < 1.29 is 4.79 Å². The molecular weight excluding hydrogens is 394 g/mol. The Labute approximate surface area is 169 Å². The molecule has 142 valence electrons. The number of amides is 1. The summed E-state index contributed by atoms with van der Waals surface area (Å²) in [5, 5.41) is 3.98. The van der Waals surface area contributed by atoms with Gasteiger partial charge >= 0.3 is 0 Å². The number of para-hydroxylation sites is 1. The molecule has 0 aliphatic carbocycles. The van der Waals surface area contributed by atoms with Crippen molar-refractivity contribution in [2.45, 2.75) is 25.0 Å². The van der Waals surface area contributed by atoms with Crippen LogP contribution in [0.25, 0.3) is 21.9 Å². The molecule has 0 radical (unpaired) electrons. The Morgan fingerprint density at radius 1 is 1.14 bits per heavy atom. The molecule has 4 rings (SSSR count). The van der Waals surface area contributed by atoms with Crippen LogP contribution in [-0.4, -0.2) is 30.0 Å². The highest BCUT2D eigenvalue weighted by Gasteiger charge is 2.16. The number of fused-ring (bicyclic) bond motifs is 2. The van der Waals surface area contributed by atoms with E-state index in [1.807, 2.05) is 44.2 Å². The number of nitrogens with one attached hydrogen (secondary N) is 1. The number of carbonyl (C=O) groups excluding carboxylic acids is 1. The van der Waals surface area contributed by atoms with E-state index in [1.54, 1.807) is 16.7 Å². The van der Waals surface area contributed by atoms with Crippen LogP contribution >= 0.6 is 23.5 Å². The number of anilines is 1. The van der Waals surface area contributed by atoms with Gasteiger partial charge in [-0.15, -0.1) is 0 Å². The summed E-state index contributed by atoms with van der Waals surface area (Å²) in [5.74, 6) is -0.0611. The summed E-state index contributed by atoms with van der Waals surface area (Å²) >= 11 is 2.35. The molecule has 0 atom stereocenters. The van der Waals surface area contributed by atoms with Crippen LogP contribution in [0.5, 0.6) is 0 Å². The van der Waals surface area contributed by atoms with Gasteiger partial charge in [-0.05, 0) is 38.1 Å². The highest BCUT2D eigenvalue weighted by atomic mass is 32.2. The molecule has 4 aromatic rings. The van der Waals surface area contributed by atoms with Gasteiger partial charge in [-0.25, -0.2) is 4.98 Å². The molecule has 0 saturated heterocycles. The lowest BCUT2D eigenvalue weighted by Crippen LogP contribution is -2.25. The summed E-state index contributed by atoms with van der Waals surface area (Å²) in [6.07, 6.45) is 0. The van der Waals surface area contributed by atoms with E-state index in [9.17, 15) is 9.59 Å². The van der Waals surface area contributed by atoms with Crippen LogP contribution in [0, 0.1) is 0 Å². The van der Waals surface area contributed by atoms with Crippen LogP contribution in [0.15, 0.2) is 52.4 Å². The number of hydrogen-bond acceptors (Lipinski definition) is 7. The Balaban J connectivity index is 1.58. The molecule has 9 heteroatoms. The minimum Gasteiger partial charge on any atom is -0.323 e. The largest absolute Gasteiger partial charge is 0.323 e. The van der Waals surface area contributed by atoms with Crippen molar-refractivity contribution in [2.75, 3.05) is 11.1 Å². The zero-order valence-electron chi connectivity index (χ0n) is 15.2. The molecule has 0 aliphatic heterocycles. The normalized spacial score (nSPS) is 11.4. The molecule has 2 heterocycles. The van der Waals surface area contributed by atoms with Crippen LogP contribution in [0.3, 0.4) is 0 Å². The zero-order valence-corrected chi connectivity index (χ0v) is 16.9. The maximum absolute atomic E-state index is 12.8. The van der Waals surface area contributed by atoms with E-state index in [4.69, 9.17) is 0 Å². The fourth-order valence-corrected chi connectivity index (χ4v) is 4.38. The van der Waals surface area contributed by atoms with Gasteiger partial charge in [-0.2, -0.15) is 8.75 Å². The van der Waals surface area contributed by atoms with Crippen LogP contribution in [0.1, 0.15) is 19.9 Å². The molecule has 0 aliphatic rings. The van der Waals surface area contributed by atoms with E-state index in [-0.39, 0.29) is 23.3 Å². The van der Waals surface area contributed by atoms with E-state index in [1.165, 1.54) is 11.8 Å². The van der Waals surface area contributed by atoms with Crippen molar-refractivity contribution in [1.82, 2.24) is 18.3 Å². The van der Waals surface area contributed by atoms with Crippen molar-refractivity contribution in [3.05, 3.63) is 52.8 Å². The fourth-order valence-electron chi connectivity index (χ4n) is 2.91. The number of benzene rings is 2. The van der Waals surface area contributed by atoms with Crippen molar-refractivity contribution in [2.24, 2.45) is 0 Å². The summed E-state index contributed by atoms with van der Waals surface area (Å²) < 4.78 is 10.0. The Morgan fingerprint density at radius 3 is 2.75 bits per heavy atom. The molecule has 0 bridgehead atoms. The Hall–Kier alpha value is -2.78. The van der Waals surface area contributed by atoms with Gasteiger partial charge in [0.25, 0.3) is 5.56 Å². The van der Waals surface area contributed by atoms with Crippen LogP contribution in [0.4, 0.5) is 5.69 Å².